The zero-order valence-corrected chi connectivity index (χ0v) is 15.5. The fourth-order valence-electron chi connectivity index (χ4n) is 3.42. The number of aromatic amines is 2. The molecule has 136 valence electrons. The lowest BCUT2D eigenvalue weighted by Crippen LogP contribution is -2.12. The Kier molecular flexibility index (Phi) is 4.88. The number of aromatic nitrogens is 3. The molecule has 0 spiro atoms. The van der Waals surface area contributed by atoms with Crippen LogP contribution < -0.4 is 5.56 Å². The Bertz CT molecular complexity index is 1110. The van der Waals surface area contributed by atoms with Gasteiger partial charge in [0.05, 0.1) is 17.0 Å². The number of allylic oxidation sites excluding steroid dienone is 6. The quantitative estimate of drug-likeness (QED) is 0.677. The molecule has 0 radical (unpaired) electrons. The lowest BCUT2D eigenvalue weighted by Gasteiger charge is -2.04. The van der Waals surface area contributed by atoms with Crippen molar-refractivity contribution in [3.8, 4) is 11.3 Å². The zero-order valence-electron chi connectivity index (χ0n) is 15.5. The molecule has 4 heteroatoms. The van der Waals surface area contributed by atoms with E-state index in [-0.39, 0.29) is 5.56 Å². The van der Waals surface area contributed by atoms with E-state index in [1.54, 1.807) is 0 Å². The average Bonchev–Trinajstić information content (AvgIpc) is 3.05. The molecule has 0 saturated carbocycles. The van der Waals surface area contributed by atoms with Gasteiger partial charge < -0.3 is 4.98 Å². The molecule has 2 heterocycles. The highest BCUT2D eigenvalue weighted by atomic mass is 16.1. The molecule has 4 rings (SSSR count). The third-order valence-electron chi connectivity index (χ3n) is 4.82. The Hall–Kier alpha value is -3.14. The molecule has 1 aromatic carbocycles. The second kappa shape index (κ2) is 7.62. The van der Waals surface area contributed by atoms with Gasteiger partial charge >= 0.3 is 0 Å². The van der Waals surface area contributed by atoms with Gasteiger partial charge in [-0.15, -0.1) is 0 Å². The van der Waals surface area contributed by atoms with Gasteiger partial charge in [-0.3, -0.25) is 4.79 Å². The van der Waals surface area contributed by atoms with Gasteiger partial charge in [-0.1, -0.05) is 49.8 Å². The fraction of sp³-hybridized carbons (Fsp3) is 0.217. The number of nitrogens with one attached hydrogen (secondary N) is 2. The van der Waals surface area contributed by atoms with Crippen molar-refractivity contribution in [1.29, 1.82) is 0 Å². The highest BCUT2D eigenvalue weighted by Gasteiger charge is 2.11. The highest BCUT2D eigenvalue weighted by Crippen LogP contribution is 2.25. The number of hydrogen-bond acceptors (Lipinski definition) is 2. The minimum absolute atomic E-state index is 0.190. The molecule has 1 aliphatic carbocycles. The maximum absolute atomic E-state index is 12.4. The first-order chi connectivity index (χ1) is 13.2. The molecule has 3 aromatic rings. The van der Waals surface area contributed by atoms with Crippen LogP contribution in [0.2, 0.25) is 0 Å². The van der Waals surface area contributed by atoms with Gasteiger partial charge in [0.1, 0.15) is 0 Å². The first-order valence-corrected chi connectivity index (χ1v) is 9.50. The van der Waals surface area contributed by atoms with Crippen LogP contribution >= 0.6 is 0 Å². The standard InChI is InChI=1S/C23H23N3O/c1-2-8-16-11-12-20-18(13-16)14-22(24-20)19-15-21(25-26-23(19)27)17-9-6-4-3-5-7-10-17/h4,6-7,9-15,24H,2-3,5,8H2,1H3,(H,26,27)/b6-4+,10-7-,17-9+. The van der Waals surface area contributed by atoms with Crippen molar-refractivity contribution in [3.63, 3.8) is 0 Å². The summed E-state index contributed by atoms with van der Waals surface area (Å²) in [6.07, 6.45) is 14.6. The molecule has 0 unspecified atom stereocenters. The molecule has 0 amide bonds. The SMILES string of the molecule is CCCc1ccc2[nH]c(-c3cc(C4=C/C=C/CC/C=C\4)n[nH]c3=O)cc2c1. The van der Waals surface area contributed by atoms with E-state index in [1.165, 1.54) is 5.56 Å². The minimum atomic E-state index is -0.190. The third kappa shape index (κ3) is 3.70. The molecular weight excluding hydrogens is 334 g/mol. The van der Waals surface area contributed by atoms with Crippen molar-refractivity contribution >= 4 is 16.5 Å². The fourth-order valence-corrected chi connectivity index (χ4v) is 3.42. The van der Waals surface area contributed by atoms with Gasteiger partial charge in [0.2, 0.25) is 0 Å². The van der Waals surface area contributed by atoms with Crippen LogP contribution in [0.5, 0.6) is 0 Å². The van der Waals surface area contributed by atoms with Crippen molar-refractivity contribution in [2.75, 3.05) is 0 Å². The Balaban J connectivity index is 1.77. The Labute approximate surface area is 158 Å². The van der Waals surface area contributed by atoms with E-state index < -0.39 is 0 Å². The van der Waals surface area contributed by atoms with E-state index in [9.17, 15) is 4.79 Å². The van der Waals surface area contributed by atoms with Crippen LogP contribution in [0, 0.1) is 0 Å². The summed E-state index contributed by atoms with van der Waals surface area (Å²) in [6, 6.07) is 10.3. The van der Waals surface area contributed by atoms with Crippen LogP contribution in [-0.2, 0) is 6.42 Å². The average molecular weight is 357 g/mol. The van der Waals surface area contributed by atoms with Crippen LogP contribution in [0.4, 0.5) is 0 Å². The van der Waals surface area contributed by atoms with Crippen LogP contribution in [0.3, 0.4) is 0 Å². The molecule has 27 heavy (non-hydrogen) atoms. The van der Waals surface area contributed by atoms with Crippen LogP contribution in [0.25, 0.3) is 27.7 Å². The van der Waals surface area contributed by atoms with Crippen LogP contribution in [0.15, 0.2) is 65.5 Å². The molecule has 4 nitrogen and oxygen atoms in total. The second-order valence-electron chi connectivity index (χ2n) is 6.88. The monoisotopic (exact) mass is 357 g/mol. The summed E-state index contributed by atoms with van der Waals surface area (Å²) in [5.41, 5.74) is 5.34. The number of nitrogens with zero attached hydrogens (tertiary/aromatic N) is 1. The van der Waals surface area contributed by atoms with E-state index in [1.807, 2.05) is 24.3 Å². The summed E-state index contributed by atoms with van der Waals surface area (Å²) in [4.78, 5) is 15.8. The third-order valence-corrected chi connectivity index (χ3v) is 4.82. The van der Waals surface area contributed by atoms with Gasteiger partial charge in [0.15, 0.2) is 0 Å². The topological polar surface area (TPSA) is 61.5 Å². The summed E-state index contributed by atoms with van der Waals surface area (Å²) < 4.78 is 0. The van der Waals surface area contributed by atoms with Gasteiger partial charge in [0.25, 0.3) is 5.56 Å². The van der Waals surface area contributed by atoms with Gasteiger partial charge in [0, 0.05) is 16.5 Å². The van der Waals surface area contributed by atoms with Crippen molar-refractivity contribution in [1.82, 2.24) is 15.2 Å². The Morgan fingerprint density at radius 2 is 2.00 bits per heavy atom. The number of benzene rings is 1. The van der Waals surface area contributed by atoms with E-state index in [2.05, 4.69) is 58.5 Å². The second-order valence-corrected chi connectivity index (χ2v) is 6.88. The minimum Gasteiger partial charge on any atom is -0.354 e. The number of H-pyrrole nitrogens is 2. The largest absolute Gasteiger partial charge is 0.354 e. The maximum Gasteiger partial charge on any atom is 0.273 e. The molecule has 0 fully saturated rings. The smallest absolute Gasteiger partial charge is 0.273 e. The predicted octanol–water partition coefficient (Wildman–Crippen LogP) is 5.16. The van der Waals surface area contributed by atoms with Gasteiger partial charge in [-0.05, 0) is 49.1 Å². The van der Waals surface area contributed by atoms with Crippen LogP contribution in [0.1, 0.15) is 37.4 Å². The molecule has 0 saturated heterocycles. The summed E-state index contributed by atoms with van der Waals surface area (Å²) in [7, 11) is 0. The van der Waals surface area contributed by atoms with Crippen molar-refractivity contribution in [2.45, 2.75) is 32.6 Å². The lowest BCUT2D eigenvalue weighted by atomic mass is 10.1. The molecule has 1 aliphatic rings. The number of rotatable bonds is 4. The Morgan fingerprint density at radius 1 is 1.11 bits per heavy atom. The zero-order chi connectivity index (χ0) is 18.6. The first-order valence-electron chi connectivity index (χ1n) is 9.50. The van der Waals surface area contributed by atoms with Crippen molar-refractivity contribution < 1.29 is 0 Å². The lowest BCUT2D eigenvalue weighted by molar-refractivity contribution is 0.924. The summed E-state index contributed by atoms with van der Waals surface area (Å²) >= 11 is 0. The molecule has 2 N–H and O–H groups in total. The van der Waals surface area contributed by atoms with E-state index >= 15 is 0 Å². The van der Waals surface area contributed by atoms with Crippen molar-refractivity contribution in [2.24, 2.45) is 0 Å². The van der Waals surface area contributed by atoms with Gasteiger partial charge in [-0.2, -0.15) is 5.10 Å². The predicted molar refractivity (Wildman–Crippen MR) is 112 cm³/mol. The number of fused-ring (bicyclic) bond motifs is 1. The summed E-state index contributed by atoms with van der Waals surface area (Å²) in [5, 5.41) is 8.03. The van der Waals surface area contributed by atoms with E-state index in [4.69, 9.17) is 0 Å². The van der Waals surface area contributed by atoms with E-state index in [0.717, 1.165) is 53.5 Å². The number of hydrogen-bond donors (Lipinski definition) is 2. The van der Waals surface area contributed by atoms with Crippen LogP contribution in [-0.4, -0.2) is 15.2 Å². The summed E-state index contributed by atoms with van der Waals surface area (Å²) in [5.74, 6) is 0. The van der Waals surface area contributed by atoms with Crippen molar-refractivity contribution in [3.05, 3.63) is 82.3 Å². The first kappa shape index (κ1) is 17.3. The molecular formula is C23H23N3O. The maximum atomic E-state index is 12.4. The van der Waals surface area contributed by atoms with E-state index in [0.29, 0.717) is 5.56 Å². The molecule has 2 aromatic heterocycles. The molecule has 0 aliphatic heterocycles. The normalized spacial score (nSPS) is 18.5. The number of aryl methyl sites for hydroxylation is 1. The molecule has 0 atom stereocenters. The summed E-state index contributed by atoms with van der Waals surface area (Å²) in [6.45, 7) is 2.18. The molecule has 0 bridgehead atoms. The highest BCUT2D eigenvalue weighted by molar-refractivity contribution is 5.87. The Morgan fingerprint density at radius 3 is 2.89 bits per heavy atom. The van der Waals surface area contributed by atoms with Gasteiger partial charge in [-0.25, -0.2) is 5.10 Å².